The molecule has 0 radical (unpaired) electrons. The number of likely N-dealkylation sites (N-methyl/N-ethyl adjacent to an activating group) is 1. The summed E-state index contributed by atoms with van der Waals surface area (Å²) in [5.74, 6) is -0.364. The normalized spacial score (nSPS) is 10.2. The molecule has 0 saturated carbocycles. The molecule has 1 N–H and O–H groups in total. The van der Waals surface area contributed by atoms with E-state index < -0.39 is 0 Å². The van der Waals surface area contributed by atoms with Crippen molar-refractivity contribution in [2.45, 2.75) is 6.54 Å². The van der Waals surface area contributed by atoms with Gasteiger partial charge in [0.2, 0.25) is 5.91 Å². The summed E-state index contributed by atoms with van der Waals surface area (Å²) in [5.41, 5.74) is 1.45. The largest absolute Gasteiger partial charge is 0.465 e. The van der Waals surface area contributed by atoms with E-state index in [4.69, 9.17) is 4.74 Å². The van der Waals surface area contributed by atoms with Gasteiger partial charge in [0.15, 0.2) is 0 Å². The zero-order chi connectivity index (χ0) is 15.7. The molecule has 0 fully saturated rings. The topological polar surface area (TPSA) is 67.9 Å². The molecule has 0 heterocycles. The summed E-state index contributed by atoms with van der Waals surface area (Å²) in [7, 11) is 4.71. The monoisotopic (exact) mass is 294 g/mol. The van der Waals surface area contributed by atoms with Crippen molar-refractivity contribution in [2.75, 3.05) is 41.0 Å². The van der Waals surface area contributed by atoms with Crippen LogP contribution < -0.4 is 5.32 Å². The van der Waals surface area contributed by atoms with Gasteiger partial charge in [-0.3, -0.25) is 4.79 Å². The second-order valence-corrected chi connectivity index (χ2v) is 4.61. The first-order chi connectivity index (χ1) is 10.1. The van der Waals surface area contributed by atoms with Crippen LogP contribution >= 0.6 is 0 Å². The number of amides is 1. The van der Waals surface area contributed by atoms with Gasteiger partial charge in [-0.15, -0.1) is 0 Å². The molecule has 1 rings (SSSR count). The zero-order valence-corrected chi connectivity index (χ0v) is 12.7. The lowest BCUT2D eigenvalue weighted by molar-refractivity contribution is -0.129. The summed E-state index contributed by atoms with van der Waals surface area (Å²) in [6, 6.07) is 7.01. The van der Waals surface area contributed by atoms with Crippen LogP contribution in [0.4, 0.5) is 0 Å². The summed E-state index contributed by atoms with van der Waals surface area (Å²) in [4.78, 5) is 24.8. The quantitative estimate of drug-likeness (QED) is 0.564. The van der Waals surface area contributed by atoms with E-state index in [0.717, 1.165) is 5.56 Å². The molecule has 21 heavy (non-hydrogen) atoms. The van der Waals surface area contributed by atoms with Crippen LogP contribution in [-0.2, 0) is 20.8 Å². The molecule has 0 spiro atoms. The Hall–Kier alpha value is -1.92. The molecule has 6 nitrogen and oxygen atoms in total. The van der Waals surface area contributed by atoms with Gasteiger partial charge in [-0.05, 0) is 17.7 Å². The predicted molar refractivity (Wildman–Crippen MR) is 79.0 cm³/mol. The van der Waals surface area contributed by atoms with Gasteiger partial charge in [-0.2, -0.15) is 0 Å². The first kappa shape index (κ1) is 17.1. The molecule has 1 aromatic carbocycles. The van der Waals surface area contributed by atoms with E-state index >= 15 is 0 Å². The summed E-state index contributed by atoms with van der Waals surface area (Å²) in [6.45, 7) is 1.99. The third-order valence-corrected chi connectivity index (χ3v) is 2.98. The highest BCUT2D eigenvalue weighted by molar-refractivity contribution is 5.89. The Bertz CT molecular complexity index is 459. The van der Waals surface area contributed by atoms with Crippen LogP contribution in [0.2, 0.25) is 0 Å². The summed E-state index contributed by atoms with van der Waals surface area (Å²) in [6.07, 6.45) is 0. The van der Waals surface area contributed by atoms with Crippen molar-refractivity contribution in [3.63, 3.8) is 0 Å². The van der Waals surface area contributed by atoms with Gasteiger partial charge >= 0.3 is 5.97 Å². The van der Waals surface area contributed by atoms with E-state index in [2.05, 4.69) is 10.1 Å². The Balaban J connectivity index is 2.44. The smallest absolute Gasteiger partial charge is 0.337 e. The van der Waals surface area contributed by atoms with Crippen molar-refractivity contribution >= 4 is 11.9 Å². The highest BCUT2D eigenvalue weighted by Gasteiger charge is 2.10. The lowest BCUT2D eigenvalue weighted by atomic mass is 10.1. The number of carbonyl (C=O) groups is 2. The molecule has 1 aromatic rings. The van der Waals surface area contributed by atoms with Crippen LogP contribution in [0, 0.1) is 0 Å². The molecule has 0 atom stereocenters. The zero-order valence-electron chi connectivity index (χ0n) is 12.7. The van der Waals surface area contributed by atoms with Crippen molar-refractivity contribution in [2.24, 2.45) is 0 Å². The lowest BCUT2D eigenvalue weighted by Crippen LogP contribution is -2.36. The molecular formula is C15H22N2O4. The number of ether oxygens (including phenoxy) is 2. The van der Waals surface area contributed by atoms with E-state index in [9.17, 15) is 9.59 Å². The summed E-state index contributed by atoms with van der Waals surface area (Å²) < 4.78 is 9.53. The van der Waals surface area contributed by atoms with Crippen molar-refractivity contribution in [3.8, 4) is 0 Å². The molecule has 0 aromatic heterocycles. The number of benzene rings is 1. The fourth-order valence-corrected chi connectivity index (χ4v) is 1.73. The average Bonchev–Trinajstić information content (AvgIpc) is 2.51. The minimum Gasteiger partial charge on any atom is -0.465 e. The maximum Gasteiger partial charge on any atom is 0.337 e. The summed E-state index contributed by atoms with van der Waals surface area (Å²) >= 11 is 0. The van der Waals surface area contributed by atoms with E-state index in [1.165, 1.54) is 7.11 Å². The van der Waals surface area contributed by atoms with Crippen molar-refractivity contribution in [1.29, 1.82) is 0 Å². The number of nitrogens with zero attached hydrogens (tertiary/aromatic N) is 1. The summed E-state index contributed by atoms with van der Waals surface area (Å²) in [5, 5.41) is 3.01. The minimum absolute atomic E-state index is 0.00291. The van der Waals surface area contributed by atoms with Crippen LogP contribution in [0.3, 0.4) is 0 Å². The van der Waals surface area contributed by atoms with Crippen molar-refractivity contribution in [1.82, 2.24) is 10.2 Å². The Morgan fingerprint density at radius 1 is 1.19 bits per heavy atom. The first-order valence-electron chi connectivity index (χ1n) is 6.69. The SMILES string of the molecule is COCCNCC(=O)N(C)Cc1ccc(C(=O)OC)cc1. The number of carbonyl (C=O) groups excluding carboxylic acids is 2. The van der Waals surface area contributed by atoms with E-state index in [1.807, 2.05) is 12.1 Å². The van der Waals surface area contributed by atoms with Gasteiger partial charge in [0.25, 0.3) is 0 Å². The fourth-order valence-electron chi connectivity index (χ4n) is 1.73. The van der Waals surface area contributed by atoms with Crippen LogP contribution in [0.1, 0.15) is 15.9 Å². The van der Waals surface area contributed by atoms with E-state index in [1.54, 1.807) is 31.2 Å². The average molecular weight is 294 g/mol. The Labute approximate surface area is 125 Å². The third kappa shape index (κ3) is 5.93. The van der Waals surface area contributed by atoms with E-state index in [0.29, 0.717) is 25.3 Å². The highest BCUT2D eigenvalue weighted by atomic mass is 16.5. The van der Waals surface area contributed by atoms with Crippen molar-refractivity contribution < 1.29 is 19.1 Å². The van der Waals surface area contributed by atoms with Gasteiger partial charge in [0.1, 0.15) is 0 Å². The van der Waals surface area contributed by atoms with E-state index in [-0.39, 0.29) is 18.4 Å². The van der Waals surface area contributed by atoms with Crippen LogP contribution in [-0.4, -0.2) is 57.7 Å². The highest BCUT2D eigenvalue weighted by Crippen LogP contribution is 2.08. The van der Waals surface area contributed by atoms with Gasteiger partial charge in [-0.1, -0.05) is 12.1 Å². The van der Waals surface area contributed by atoms with Crippen LogP contribution in [0.25, 0.3) is 0 Å². The molecule has 0 aliphatic heterocycles. The molecule has 6 heteroatoms. The molecule has 1 amide bonds. The number of rotatable bonds is 8. The van der Waals surface area contributed by atoms with Gasteiger partial charge in [0.05, 0.1) is 25.8 Å². The molecule has 0 bridgehead atoms. The van der Waals surface area contributed by atoms with Crippen LogP contribution in [0.5, 0.6) is 0 Å². The van der Waals surface area contributed by atoms with Gasteiger partial charge < -0.3 is 19.7 Å². The Morgan fingerprint density at radius 3 is 2.43 bits per heavy atom. The lowest BCUT2D eigenvalue weighted by Gasteiger charge is -2.17. The standard InChI is InChI=1S/C15H22N2O4/c1-17(14(18)10-16-8-9-20-2)11-12-4-6-13(7-5-12)15(19)21-3/h4-7,16H,8-11H2,1-3H3. The van der Waals surface area contributed by atoms with Crippen LogP contribution in [0.15, 0.2) is 24.3 Å². The second kappa shape index (κ2) is 9.10. The maximum absolute atomic E-state index is 11.9. The predicted octanol–water partition coefficient (Wildman–Crippen LogP) is 0.668. The Kier molecular flexibility index (Phi) is 7.42. The van der Waals surface area contributed by atoms with Gasteiger partial charge in [0, 0.05) is 27.2 Å². The molecule has 0 saturated heterocycles. The molecule has 0 aliphatic rings. The first-order valence-corrected chi connectivity index (χ1v) is 6.69. The number of esters is 1. The second-order valence-electron chi connectivity index (χ2n) is 4.61. The minimum atomic E-state index is -0.367. The maximum atomic E-state index is 11.9. The van der Waals surface area contributed by atoms with Crippen molar-refractivity contribution in [3.05, 3.63) is 35.4 Å². The third-order valence-electron chi connectivity index (χ3n) is 2.98. The molecular weight excluding hydrogens is 272 g/mol. The number of hydrogen-bond acceptors (Lipinski definition) is 5. The number of hydrogen-bond donors (Lipinski definition) is 1. The fraction of sp³-hybridized carbons (Fsp3) is 0.467. The molecule has 0 unspecified atom stereocenters. The number of nitrogens with one attached hydrogen (secondary N) is 1. The Morgan fingerprint density at radius 2 is 1.86 bits per heavy atom. The molecule has 0 aliphatic carbocycles. The van der Waals surface area contributed by atoms with Gasteiger partial charge in [-0.25, -0.2) is 4.79 Å². The number of methoxy groups -OCH3 is 2. The molecule has 116 valence electrons.